The number of benzene rings is 2. The standard InChI is InChI=1S/C32H40Cl2N6O2/c1-21-8-10-25(29(17-21)40-19-24(36-37-40)13-16-38-15-12-22(2)32(3,4)20-38)31(42)39-14-6-5-7-28(39)30(41)35-23-9-11-26(33)27(34)18-23/h8-11,17-19,22,28H,5-7,12-16,20H2,1-4H3,(H,35,41). The summed E-state index contributed by atoms with van der Waals surface area (Å²) >= 11 is 12.2. The summed E-state index contributed by atoms with van der Waals surface area (Å²) in [5, 5.41) is 12.6. The lowest BCUT2D eigenvalue weighted by atomic mass is 9.75. The first-order chi connectivity index (χ1) is 20.0. The van der Waals surface area contributed by atoms with Gasteiger partial charge in [-0.15, -0.1) is 5.10 Å². The maximum atomic E-state index is 14.0. The molecular weight excluding hydrogens is 571 g/mol. The van der Waals surface area contributed by atoms with Gasteiger partial charge in [-0.3, -0.25) is 9.59 Å². The highest BCUT2D eigenvalue weighted by Gasteiger charge is 2.35. The fourth-order valence-corrected chi connectivity index (χ4v) is 6.28. The van der Waals surface area contributed by atoms with E-state index in [2.05, 4.69) is 41.3 Å². The molecule has 0 saturated carbocycles. The average molecular weight is 612 g/mol. The summed E-state index contributed by atoms with van der Waals surface area (Å²) in [5.74, 6) is 0.280. The monoisotopic (exact) mass is 610 g/mol. The third-order valence-electron chi connectivity index (χ3n) is 8.95. The zero-order chi connectivity index (χ0) is 30.0. The Bertz CT molecular complexity index is 1450. The van der Waals surface area contributed by atoms with Crippen LogP contribution in [0.1, 0.15) is 68.1 Å². The molecule has 2 amide bonds. The maximum Gasteiger partial charge on any atom is 0.256 e. The molecule has 0 radical (unpaired) electrons. The van der Waals surface area contributed by atoms with Crippen LogP contribution in [0.5, 0.6) is 0 Å². The number of aryl methyl sites for hydroxylation is 1. The van der Waals surface area contributed by atoms with Crippen molar-refractivity contribution in [3.8, 4) is 5.69 Å². The summed E-state index contributed by atoms with van der Waals surface area (Å²) in [4.78, 5) is 31.6. The number of nitrogens with one attached hydrogen (secondary N) is 1. The second kappa shape index (κ2) is 12.7. The molecule has 42 heavy (non-hydrogen) atoms. The molecule has 0 spiro atoms. The van der Waals surface area contributed by atoms with Gasteiger partial charge in [-0.2, -0.15) is 0 Å². The van der Waals surface area contributed by atoms with Gasteiger partial charge in [0.25, 0.3) is 5.91 Å². The van der Waals surface area contributed by atoms with Crippen molar-refractivity contribution in [1.29, 1.82) is 0 Å². The van der Waals surface area contributed by atoms with Crippen LogP contribution in [0, 0.1) is 18.3 Å². The highest BCUT2D eigenvalue weighted by Crippen LogP contribution is 2.34. The molecule has 1 aromatic heterocycles. The fraction of sp³-hybridized carbons (Fsp3) is 0.500. The van der Waals surface area contributed by atoms with E-state index in [0.29, 0.717) is 51.3 Å². The lowest BCUT2D eigenvalue weighted by molar-refractivity contribution is -0.121. The molecule has 10 heteroatoms. The van der Waals surface area contributed by atoms with Gasteiger partial charge in [-0.05, 0) is 86.4 Å². The van der Waals surface area contributed by atoms with Gasteiger partial charge in [0, 0.05) is 31.7 Å². The van der Waals surface area contributed by atoms with Crippen LogP contribution in [0.3, 0.4) is 0 Å². The van der Waals surface area contributed by atoms with Crippen LogP contribution in [0.15, 0.2) is 42.6 Å². The molecule has 1 N–H and O–H groups in total. The Morgan fingerprint density at radius 1 is 1.05 bits per heavy atom. The molecular formula is C32H40Cl2N6O2. The predicted molar refractivity (Wildman–Crippen MR) is 168 cm³/mol. The van der Waals surface area contributed by atoms with E-state index in [9.17, 15) is 9.59 Å². The van der Waals surface area contributed by atoms with Crippen LogP contribution in [0.25, 0.3) is 5.69 Å². The van der Waals surface area contributed by atoms with Crippen LogP contribution in [-0.4, -0.2) is 68.8 Å². The number of amides is 2. The van der Waals surface area contributed by atoms with Crippen LogP contribution < -0.4 is 5.32 Å². The third kappa shape index (κ3) is 6.82. The Labute approximate surface area is 258 Å². The van der Waals surface area contributed by atoms with E-state index in [1.54, 1.807) is 27.8 Å². The first-order valence-electron chi connectivity index (χ1n) is 14.8. The van der Waals surface area contributed by atoms with Crippen LogP contribution in [0.4, 0.5) is 5.69 Å². The number of rotatable bonds is 7. The van der Waals surface area contributed by atoms with Crippen LogP contribution in [0.2, 0.25) is 10.0 Å². The van der Waals surface area contributed by atoms with Gasteiger partial charge in [-0.25, -0.2) is 4.68 Å². The van der Waals surface area contributed by atoms with E-state index in [4.69, 9.17) is 23.2 Å². The molecule has 2 unspecified atom stereocenters. The van der Waals surface area contributed by atoms with E-state index in [1.807, 2.05) is 31.3 Å². The second-order valence-electron chi connectivity index (χ2n) is 12.5. The molecule has 3 heterocycles. The van der Waals surface area contributed by atoms with Crippen molar-refractivity contribution >= 4 is 40.7 Å². The van der Waals surface area contributed by atoms with Crippen molar-refractivity contribution in [2.24, 2.45) is 11.3 Å². The van der Waals surface area contributed by atoms with Gasteiger partial charge < -0.3 is 15.1 Å². The molecule has 2 aromatic carbocycles. The number of anilines is 1. The summed E-state index contributed by atoms with van der Waals surface area (Å²) < 4.78 is 1.70. The van der Waals surface area contributed by atoms with E-state index in [-0.39, 0.29) is 11.8 Å². The summed E-state index contributed by atoms with van der Waals surface area (Å²) in [6.07, 6.45) is 6.21. The van der Waals surface area contributed by atoms with Gasteiger partial charge in [0.1, 0.15) is 6.04 Å². The zero-order valence-electron chi connectivity index (χ0n) is 24.9. The molecule has 0 aliphatic carbocycles. The van der Waals surface area contributed by atoms with Crippen molar-refractivity contribution in [3.63, 3.8) is 0 Å². The summed E-state index contributed by atoms with van der Waals surface area (Å²) in [7, 11) is 0. The number of hydrogen-bond donors (Lipinski definition) is 1. The number of nitrogens with zero attached hydrogens (tertiary/aromatic N) is 5. The molecule has 2 fully saturated rings. The van der Waals surface area contributed by atoms with Crippen molar-refractivity contribution < 1.29 is 9.59 Å². The number of likely N-dealkylation sites (tertiary alicyclic amines) is 2. The SMILES string of the molecule is Cc1ccc(C(=O)N2CCCCC2C(=O)Nc2ccc(Cl)c(Cl)c2)c(-n2cc(CCN3CCC(C)C(C)(C)C3)nn2)c1. The zero-order valence-corrected chi connectivity index (χ0v) is 26.4. The largest absolute Gasteiger partial charge is 0.327 e. The van der Waals surface area contributed by atoms with Gasteiger partial charge in [0.2, 0.25) is 5.91 Å². The van der Waals surface area contributed by atoms with Crippen LogP contribution in [-0.2, 0) is 11.2 Å². The van der Waals surface area contributed by atoms with Gasteiger partial charge in [0.05, 0.1) is 33.2 Å². The van der Waals surface area contributed by atoms with Crippen molar-refractivity contribution in [2.45, 2.75) is 65.8 Å². The number of halogens is 2. The van der Waals surface area contributed by atoms with Crippen LogP contribution >= 0.6 is 23.2 Å². The fourth-order valence-electron chi connectivity index (χ4n) is 5.99. The van der Waals surface area contributed by atoms with E-state index >= 15 is 0 Å². The second-order valence-corrected chi connectivity index (χ2v) is 13.3. The molecule has 2 aliphatic rings. The van der Waals surface area contributed by atoms with Crippen molar-refractivity contribution in [2.75, 3.05) is 31.5 Å². The number of aromatic nitrogens is 3. The Balaban J connectivity index is 1.32. The Hall–Kier alpha value is -2.94. The average Bonchev–Trinajstić information content (AvgIpc) is 3.44. The minimum absolute atomic E-state index is 0.194. The first kappa shape index (κ1) is 30.5. The van der Waals surface area contributed by atoms with Crippen molar-refractivity contribution in [3.05, 3.63) is 69.5 Å². The lowest BCUT2D eigenvalue weighted by Crippen LogP contribution is -2.50. The smallest absolute Gasteiger partial charge is 0.256 e. The number of hydrogen-bond acceptors (Lipinski definition) is 5. The Kier molecular flexibility index (Phi) is 9.26. The topological polar surface area (TPSA) is 83.4 Å². The maximum absolute atomic E-state index is 14.0. The Morgan fingerprint density at radius 3 is 2.62 bits per heavy atom. The third-order valence-corrected chi connectivity index (χ3v) is 9.69. The molecule has 5 rings (SSSR count). The summed E-state index contributed by atoms with van der Waals surface area (Å²) in [6, 6.07) is 10.1. The predicted octanol–water partition coefficient (Wildman–Crippen LogP) is 6.43. The summed E-state index contributed by atoms with van der Waals surface area (Å²) in [5.41, 5.74) is 3.91. The van der Waals surface area contributed by atoms with E-state index in [1.165, 1.54) is 6.42 Å². The highest BCUT2D eigenvalue weighted by molar-refractivity contribution is 6.42. The molecule has 2 aliphatic heterocycles. The molecule has 0 bridgehead atoms. The number of piperidine rings is 2. The van der Waals surface area contributed by atoms with E-state index in [0.717, 1.165) is 50.2 Å². The molecule has 3 aromatic rings. The minimum Gasteiger partial charge on any atom is -0.327 e. The normalized spacial score (nSPS) is 20.9. The van der Waals surface area contributed by atoms with Gasteiger partial charge in [0.15, 0.2) is 0 Å². The quantitative estimate of drug-likeness (QED) is 0.333. The number of carbonyl (C=O) groups excluding carboxylic acids is 2. The lowest BCUT2D eigenvalue weighted by Gasteiger charge is -2.43. The van der Waals surface area contributed by atoms with Crippen molar-refractivity contribution in [1.82, 2.24) is 24.8 Å². The van der Waals surface area contributed by atoms with E-state index < -0.39 is 6.04 Å². The minimum atomic E-state index is -0.599. The summed E-state index contributed by atoms with van der Waals surface area (Å²) in [6.45, 7) is 12.6. The van der Waals surface area contributed by atoms with Gasteiger partial charge in [-0.1, -0.05) is 55.3 Å². The molecule has 8 nitrogen and oxygen atoms in total. The molecule has 224 valence electrons. The first-order valence-corrected chi connectivity index (χ1v) is 15.6. The Morgan fingerprint density at radius 2 is 1.86 bits per heavy atom. The molecule has 2 atom stereocenters. The number of carbonyl (C=O) groups is 2. The molecule has 2 saturated heterocycles. The highest BCUT2D eigenvalue weighted by atomic mass is 35.5. The van der Waals surface area contributed by atoms with Gasteiger partial charge >= 0.3 is 0 Å².